The minimum atomic E-state index is -3.52. The number of hydrogen-bond donors (Lipinski definition) is 4. The van der Waals surface area contributed by atoms with Crippen LogP contribution in [-0.2, 0) is 31.0 Å². The Morgan fingerprint density at radius 1 is 1.00 bits per heavy atom. The van der Waals surface area contributed by atoms with Crippen molar-refractivity contribution in [1.82, 2.24) is 24.5 Å². The lowest BCUT2D eigenvalue weighted by Gasteiger charge is -2.37. The van der Waals surface area contributed by atoms with Gasteiger partial charge >= 0.3 is 5.97 Å². The summed E-state index contributed by atoms with van der Waals surface area (Å²) in [5, 5.41) is 19.1. The lowest BCUT2D eigenvalue weighted by molar-refractivity contribution is -0.138. The maximum Gasteiger partial charge on any atom is 0.304 e. The second kappa shape index (κ2) is 14.1. The van der Waals surface area contributed by atoms with Crippen LogP contribution < -0.4 is 16.0 Å². The molecule has 240 valence electrons. The summed E-state index contributed by atoms with van der Waals surface area (Å²) in [7, 11) is -3.52. The molecule has 0 radical (unpaired) electrons. The van der Waals surface area contributed by atoms with Gasteiger partial charge in [-0.15, -0.1) is 11.3 Å². The number of anilines is 1. The number of carboxylic acids is 1. The smallest absolute Gasteiger partial charge is 0.304 e. The molecule has 0 bridgehead atoms. The van der Waals surface area contributed by atoms with E-state index in [1.165, 1.54) is 29.8 Å². The topological polar surface area (TPSA) is 180 Å². The van der Waals surface area contributed by atoms with Gasteiger partial charge in [-0.2, -0.15) is 0 Å². The molecule has 5 rings (SSSR count). The van der Waals surface area contributed by atoms with Crippen molar-refractivity contribution in [3.8, 4) is 22.4 Å². The molecule has 4 N–H and O–H groups in total. The van der Waals surface area contributed by atoms with Crippen LogP contribution in [0.5, 0.6) is 0 Å². The zero-order valence-electron chi connectivity index (χ0n) is 24.8. The van der Waals surface area contributed by atoms with Crippen LogP contribution in [0, 0.1) is 5.92 Å². The van der Waals surface area contributed by atoms with E-state index in [2.05, 4.69) is 20.9 Å². The number of hydrogen-bond acceptors (Lipinski definition) is 9. The number of nitrogens with one attached hydrogen (secondary N) is 3. The highest BCUT2D eigenvalue weighted by atomic mass is 32.2. The lowest BCUT2D eigenvalue weighted by atomic mass is 9.98. The molecule has 0 unspecified atom stereocenters. The molecule has 0 saturated carbocycles. The van der Waals surface area contributed by atoms with Crippen molar-refractivity contribution in [2.45, 2.75) is 13.0 Å². The number of nitrogens with zero attached hydrogens (tertiary/aromatic N) is 3. The highest BCUT2D eigenvalue weighted by Gasteiger charge is 2.32. The van der Waals surface area contributed by atoms with Gasteiger partial charge < -0.3 is 26.0 Å². The summed E-state index contributed by atoms with van der Waals surface area (Å²) in [6.07, 6.45) is 3.52. The van der Waals surface area contributed by atoms with E-state index in [4.69, 9.17) is 5.11 Å². The summed E-state index contributed by atoms with van der Waals surface area (Å²) in [4.78, 5) is 54.5. The quantitative estimate of drug-likeness (QED) is 0.167. The fourth-order valence-electron chi connectivity index (χ4n) is 4.83. The Kier molecular flexibility index (Phi) is 9.94. The molecule has 0 aliphatic carbocycles. The summed E-state index contributed by atoms with van der Waals surface area (Å²) in [5.74, 6) is -2.09. The van der Waals surface area contributed by atoms with Crippen LogP contribution in [0.3, 0.4) is 0 Å². The summed E-state index contributed by atoms with van der Waals surface area (Å²) in [6, 6.07) is 17.0. The molecular formula is C31H32N6O7S2. The first-order chi connectivity index (χ1) is 21.9. The lowest BCUT2D eigenvalue weighted by Crippen LogP contribution is -2.53. The van der Waals surface area contributed by atoms with Crippen LogP contribution in [0.15, 0.2) is 72.4 Å². The average molecular weight is 665 g/mol. The Balaban J connectivity index is 1.13. The second-order valence-electron chi connectivity index (χ2n) is 10.9. The van der Waals surface area contributed by atoms with E-state index in [-0.39, 0.29) is 30.4 Å². The molecule has 1 aliphatic heterocycles. The van der Waals surface area contributed by atoms with Crippen molar-refractivity contribution in [3.63, 3.8) is 0 Å². The van der Waals surface area contributed by atoms with E-state index in [0.29, 0.717) is 37.0 Å². The molecule has 3 heterocycles. The van der Waals surface area contributed by atoms with Crippen molar-refractivity contribution < 1.29 is 32.7 Å². The third-order valence-electron chi connectivity index (χ3n) is 7.33. The van der Waals surface area contributed by atoms with Crippen molar-refractivity contribution in [2.75, 3.05) is 37.8 Å². The molecule has 4 aromatic rings. The number of likely N-dealkylation sites (tertiary alicyclic amines) is 1. The van der Waals surface area contributed by atoms with E-state index < -0.39 is 27.8 Å². The van der Waals surface area contributed by atoms with E-state index >= 15 is 0 Å². The van der Waals surface area contributed by atoms with Crippen molar-refractivity contribution in [2.24, 2.45) is 5.92 Å². The molecule has 15 heteroatoms. The van der Waals surface area contributed by atoms with Crippen molar-refractivity contribution >= 4 is 50.2 Å². The molecule has 3 amide bonds. The minimum Gasteiger partial charge on any atom is -0.481 e. The Bertz CT molecular complexity index is 1880. The van der Waals surface area contributed by atoms with Gasteiger partial charge in [0.25, 0.3) is 5.91 Å². The fourth-order valence-corrected chi connectivity index (χ4v) is 6.15. The number of carboxylic acid groups (broad SMARTS) is 1. The van der Waals surface area contributed by atoms with E-state index in [0.717, 1.165) is 32.5 Å². The number of benzene rings is 2. The normalized spacial score (nSPS) is 13.5. The summed E-state index contributed by atoms with van der Waals surface area (Å²) in [5.41, 5.74) is 4.47. The number of aromatic nitrogens is 2. The molecule has 1 saturated heterocycles. The number of carbonyl (C=O) groups is 4. The predicted octanol–water partition coefficient (Wildman–Crippen LogP) is 2.48. The third-order valence-corrected chi connectivity index (χ3v) is 9.08. The van der Waals surface area contributed by atoms with Gasteiger partial charge in [-0.05, 0) is 34.9 Å². The van der Waals surface area contributed by atoms with Gasteiger partial charge in [0.05, 0.1) is 36.4 Å². The van der Waals surface area contributed by atoms with Gasteiger partial charge in [-0.25, -0.2) is 13.4 Å². The monoisotopic (exact) mass is 664 g/mol. The first kappa shape index (κ1) is 32.5. The highest BCUT2D eigenvalue weighted by Crippen LogP contribution is 2.29. The van der Waals surface area contributed by atoms with Crippen LogP contribution in [0.25, 0.3) is 22.4 Å². The second-order valence-corrected chi connectivity index (χ2v) is 13.6. The van der Waals surface area contributed by atoms with Crippen LogP contribution in [0.4, 0.5) is 5.13 Å². The SMILES string of the molecule is CS(=O)(=O)n1ccc(C(=O)NCC(=O)Nc2nc(-c3cccc(-c4cccc(CNC(=O)C5CN(CCC(=O)O)C5)c4)c3)cs2)c1. The number of rotatable bonds is 13. The Labute approximate surface area is 269 Å². The van der Waals surface area contributed by atoms with Gasteiger partial charge in [0.1, 0.15) is 0 Å². The number of carbonyl (C=O) groups excluding carboxylic acids is 3. The summed E-state index contributed by atoms with van der Waals surface area (Å²) >= 11 is 1.24. The zero-order chi connectivity index (χ0) is 32.8. The standard InChI is InChI=1S/C31H32N6O7S2/c1-46(43,44)37-11-8-24(18-37)29(41)33-15-27(38)35-31-34-26(19-45-31)23-7-3-6-22(13-23)21-5-2-4-20(12-21)14-32-30(42)25-16-36(17-25)10-9-28(39)40/h2-8,11-13,18-19,25H,9-10,14-17H2,1H3,(H,32,42)(H,33,41)(H,39,40)(H,34,35,38). The predicted molar refractivity (Wildman–Crippen MR) is 173 cm³/mol. The number of thiazole rings is 1. The summed E-state index contributed by atoms with van der Waals surface area (Å²) < 4.78 is 24.1. The van der Waals surface area contributed by atoms with E-state index in [1.54, 1.807) is 0 Å². The largest absolute Gasteiger partial charge is 0.481 e. The Hall–Kier alpha value is -4.86. The number of amides is 3. The first-order valence-corrected chi connectivity index (χ1v) is 17.0. The maximum absolute atomic E-state index is 12.5. The van der Waals surface area contributed by atoms with Gasteiger partial charge in [0.15, 0.2) is 5.13 Å². The van der Waals surface area contributed by atoms with Crippen molar-refractivity contribution in [1.29, 1.82) is 0 Å². The van der Waals surface area contributed by atoms with Gasteiger partial charge in [0.2, 0.25) is 21.8 Å². The first-order valence-electron chi connectivity index (χ1n) is 14.3. The van der Waals surface area contributed by atoms with Crippen LogP contribution >= 0.6 is 11.3 Å². The van der Waals surface area contributed by atoms with Crippen LogP contribution in [0.2, 0.25) is 0 Å². The fraction of sp³-hybridized carbons (Fsp3) is 0.258. The molecule has 2 aromatic carbocycles. The van der Waals surface area contributed by atoms with Gasteiger partial charge in [-0.3, -0.25) is 23.2 Å². The zero-order valence-corrected chi connectivity index (χ0v) is 26.4. The van der Waals surface area contributed by atoms with Gasteiger partial charge in [0, 0.05) is 49.5 Å². The van der Waals surface area contributed by atoms with E-state index in [9.17, 15) is 27.6 Å². The molecular weight excluding hydrogens is 633 g/mol. The maximum atomic E-state index is 12.5. The van der Waals surface area contributed by atoms with E-state index in [1.807, 2.05) is 58.8 Å². The molecule has 0 spiro atoms. The van der Waals surface area contributed by atoms with Crippen LogP contribution in [0.1, 0.15) is 22.3 Å². The molecule has 46 heavy (non-hydrogen) atoms. The highest BCUT2D eigenvalue weighted by molar-refractivity contribution is 7.89. The molecule has 13 nitrogen and oxygen atoms in total. The molecule has 1 aliphatic rings. The van der Waals surface area contributed by atoms with Crippen LogP contribution in [-0.4, -0.2) is 83.5 Å². The van der Waals surface area contributed by atoms with Crippen molar-refractivity contribution in [3.05, 3.63) is 83.5 Å². The molecule has 1 fully saturated rings. The Morgan fingerprint density at radius 2 is 1.72 bits per heavy atom. The number of aliphatic carboxylic acids is 1. The third kappa shape index (κ3) is 8.44. The minimum absolute atomic E-state index is 0.0444. The molecule has 0 atom stereocenters. The van der Waals surface area contributed by atoms with Gasteiger partial charge in [-0.1, -0.05) is 36.4 Å². The summed E-state index contributed by atoms with van der Waals surface area (Å²) in [6.45, 7) is 1.63. The Morgan fingerprint density at radius 3 is 2.43 bits per heavy atom. The average Bonchev–Trinajstić information content (AvgIpc) is 3.69. The molecule has 2 aromatic heterocycles.